The Hall–Kier alpha value is -1.56. The Labute approximate surface area is 94.6 Å². The van der Waals surface area contributed by atoms with Crippen LogP contribution in [0.2, 0.25) is 0 Å². The number of benzene rings is 1. The SMILES string of the molecule is CSc1cc(F)cc(-c2cnoc2N)c1F. The zero-order valence-electron chi connectivity index (χ0n) is 8.33. The first-order chi connectivity index (χ1) is 7.63. The van der Waals surface area contributed by atoms with Gasteiger partial charge in [-0.15, -0.1) is 11.8 Å². The number of nitrogens with zero attached hydrogens (tertiary/aromatic N) is 1. The van der Waals surface area contributed by atoms with Gasteiger partial charge in [-0.3, -0.25) is 0 Å². The van der Waals surface area contributed by atoms with Crippen LogP contribution in [0.5, 0.6) is 0 Å². The molecule has 1 aromatic heterocycles. The van der Waals surface area contributed by atoms with Gasteiger partial charge >= 0.3 is 0 Å². The zero-order chi connectivity index (χ0) is 11.7. The first-order valence-corrected chi connectivity index (χ1v) is 5.59. The van der Waals surface area contributed by atoms with E-state index in [1.807, 2.05) is 0 Å². The van der Waals surface area contributed by atoms with Gasteiger partial charge in [-0.1, -0.05) is 5.16 Å². The summed E-state index contributed by atoms with van der Waals surface area (Å²) in [5.74, 6) is -1.08. The third kappa shape index (κ3) is 1.76. The minimum Gasteiger partial charge on any atom is -0.367 e. The lowest BCUT2D eigenvalue weighted by atomic mass is 10.1. The molecule has 6 heteroatoms. The lowest BCUT2D eigenvalue weighted by Crippen LogP contribution is -1.92. The topological polar surface area (TPSA) is 52.0 Å². The second kappa shape index (κ2) is 4.13. The molecular weight excluding hydrogens is 234 g/mol. The summed E-state index contributed by atoms with van der Waals surface area (Å²) in [6.07, 6.45) is 2.93. The molecule has 0 aliphatic rings. The van der Waals surface area contributed by atoms with Crippen LogP contribution in [0.4, 0.5) is 14.7 Å². The predicted molar refractivity (Wildman–Crippen MR) is 58.0 cm³/mol. The molecule has 0 fully saturated rings. The summed E-state index contributed by atoms with van der Waals surface area (Å²) in [7, 11) is 0. The number of thioether (sulfide) groups is 1. The molecule has 0 radical (unpaired) electrons. The van der Waals surface area contributed by atoms with Crippen LogP contribution in [0.15, 0.2) is 27.7 Å². The number of aromatic nitrogens is 1. The molecule has 2 aromatic rings. The van der Waals surface area contributed by atoms with Crippen LogP contribution in [0.1, 0.15) is 0 Å². The fourth-order valence-electron chi connectivity index (χ4n) is 1.36. The van der Waals surface area contributed by atoms with Gasteiger partial charge in [-0.25, -0.2) is 8.78 Å². The molecule has 0 saturated heterocycles. The highest BCUT2D eigenvalue weighted by Crippen LogP contribution is 2.33. The van der Waals surface area contributed by atoms with E-state index in [4.69, 9.17) is 5.73 Å². The van der Waals surface area contributed by atoms with Crippen LogP contribution < -0.4 is 5.73 Å². The largest absolute Gasteiger partial charge is 0.367 e. The Balaban J connectivity index is 2.65. The average Bonchev–Trinajstić information content (AvgIpc) is 2.67. The van der Waals surface area contributed by atoms with E-state index in [-0.39, 0.29) is 21.9 Å². The van der Waals surface area contributed by atoms with Crippen molar-refractivity contribution in [2.45, 2.75) is 4.90 Å². The van der Waals surface area contributed by atoms with E-state index in [2.05, 4.69) is 9.68 Å². The average molecular weight is 242 g/mol. The van der Waals surface area contributed by atoms with Gasteiger partial charge in [0, 0.05) is 10.5 Å². The van der Waals surface area contributed by atoms with E-state index in [0.717, 1.165) is 23.9 Å². The maximum absolute atomic E-state index is 13.9. The fourth-order valence-corrected chi connectivity index (χ4v) is 1.88. The van der Waals surface area contributed by atoms with Crippen molar-refractivity contribution in [3.05, 3.63) is 30.0 Å². The molecule has 0 saturated carbocycles. The quantitative estimate of drug-likeness (QED) is 0.822. The minimum atomic E-state index is -0.527. The molecule has 0 bridgehead atoms. The first kappa shape index (κ1) is 10.9. The van der Waals surface area contributed by atoms with Gasteiger partial charge in [0.1, 0.15) is 11.6 Å². The summed E-state index contributed by atoms with van der Waals surface area (Å²) in [6, 6.07) is 2.20. The third-order valence-electron chi connectivity index (χ3n) is 2.11. The second-order valence-electron chi connectivity index (χ2n) is 3.07. The number of anilines is 1. The summed E-state index contributed by atoms with van der Waals surface area (Å²) in [6.45, 7) is 0. The summed E-state index contributed by atoms with van der Waals surface area (Å²) in [5.41, 5.74) is 5.77. The summed E-state index contributed by atoms with van der Waals surface area (Å²) >= 11 is 1.12. The van der Waals surface area contributed by atoms with Crippen molar-refractivity contribution in [3.8, 4) is 11.1 Å². The number of nitrogen functional groups attached to an aromatic ring is 1. The maximum Gasteiger partial charge on any atom is 0.230 e. The lowest BCUT2D eigenvalue weighted by Gasteiger charge is -2.05. The zero-order valence-corrected chi connectivity index (χ0v) is 9.15. The normalized spacial score (nSPS) is 10.7. The van der Waals surface area contributed by atoms with Crippen LogP contribution >= 0.6 is 11.8 Å². The van der Waals surface area contributed by atoms with E-state index in [0.29, 0.717) is 0 Å². The van der Waals surface area contributed by atoms with E-state index in [1.165, 1.54) is 6.20 Å². The van der Waals surface area contributed by atoms with Crippen molar-refractivity contribution in [2.24, 2.45) is 0 Å². The van der Waals surface area contributed by atoms with Crippen molar-refractivity contribution < 1.29 is 13.3 Å². The molecule has 16 heavy (non-hydrogen) atoms. The molecular formula is C10H8F2N2OS. The smallest absolute Gasteiger partial charge is 0.230 e. The van der Waals surface area contributed by atoms with Crippen LogP contribution in [0, 0.1) is 11.6 Å². The highest BCUT2D eigenvalue weighted by molar-refractivity contribution is 7.98. The minimum absolute atomic E-state index is 0.0310. The molecule has 2 rings (SSSR count). The highest BCUT2D eigenvalue weighted by atomic mass is 32.2. The summed E-state index contributed by atoms with van der Waals surface area (Å²) in [4.78, 5) is 0.218. The Morgan fingerprint density at radius 3 is 2.62 bits per heavy atom. The van der Waals surface area contributed by atoms with Gasteiger partial charge in [0.15, 0.2) is 0 Å². The molecule has 0 atom stereocenters. The standard InChI is InChI=1S/C10H8F2N2OS/c1-16-8-3-5(11)2-6(9(8)12)7-4-14-15-10(7)13/h2-4H,13H2,1H3. The number of halogens is 2. The molecule has 0 aliphatic carbocycles. The van der Waals surface area contributed by atoms with Gasteiger partial charge in [0.05, 0.1) is 11.8 Å². The molecule has 0 amide bonds. The molecule has 0 unspecified atom stereocenters. The van der Waals surface area contributed by atoms with Crippen LogP contribution in [0.3, 0.4) is 0 Å². The Morgan fingerprint density at radius 1 is 1.31 bits per heavy atom. The van der Waals surface area contributed by atoms with Crippen molar-refractivity contribution in [3.63, 3.8) is 0 Å². The molecule has 3 nitrogen and oxygen atoms in total. The number of hydrogen-bond donors (Lipinski definition) is 1. The van der Waals surface area contributed by atoms with E-state index >= 15 is 0 Å². The fraction of sp³-hybridized carbons (Fsp3) is 0.100. The highest BCUT2D eigenvalue weighted by Gasteiger charge is 2.16. The van der Waals surface area contributed by atoms with Crippen LogP contribution in [-0.2, 0) is 0 Å². The van der Waals surface area contributed by atoms with Gasteiger partial charge in [0.25, 0.3) is 0 Å². The molecule has 84 valence electrons. The van der Waals surface area contributed by atoms with E-state index < -0.39 is 11.6 Å². The summed E-state index contributed by atoms with van der Waals surface area (Å²) in [5, 5.41) is 3.43. The Morgan fingerprint density at radius 2 is 2.06 bits per heavy atom. The number of rotatable bonds is 2. The maximum atomic E-state index is 13.9. The molecule has 0 aliphatic heterocycles. The molecule has 1 heterocycles. The second-order valence-corrected chi connectivity index (χ2v) is 3.92. The van der Waals surface area contributed by atoms with Crippen molar-refractivity contribution in [1.82, 2.24) is 5.16 Å². The van der Waals surface area contributed by atoms with Crippen LogP contribution in [0.25, 0.3) is 11.1 Å². The Bertz CT molecular complexity index is 528. The number of nitrogens with two attached hydrogens (primary N) is 1. The predicted octanol–water partition coefficient (Wildman–Crippen LogP) is 2.92. The van der Waals surface area contributed by atoms with Gasteiger partial charge in [-0.05, 0) is 18.4 Å². The van der Waals surface area contributed by atoms with Crippen molar-refractivity contribution in [1.29, 1.82) is 0 Å². The molecule has 2 N–H and O–H groups in total. The van der Waals surface area contributed by atoms with Crippen LogP contribution in [-0.4, -0.2) is 11.4 Å². The van der Waals surface area contributed by atoms with E-state index in [9.17, 15) is 8.78 Å². The first-order valence-electron chi connectivity index (χ1n) is 4.37. The lowest BCUT2D eigenvalue weighted by molar-refractivity contribution is 0.436. The van der Waals surface area contributed by atoms with Gasteiger partial charge in [0.2, 0.25) is 5.88 Å². The van der Waals surface area contributed by atoms with Crippen molar-refractivity contribution in [2.75, 3.05) is 12.0 Å². The summed E-state index contributed by atoms with van der Waals surface area (Å²) < 4.78 is 31.7. The molecule has 0 spiro atoms. The molecule has 1 aromatic carbocycles. The van der Waals surface area contributed by atoms with Crippen molar-refractivity contribution >= 4 is 17.6 Å². The van der Waals surface area contributed by atoms with E-state index in [1.54, 1.807) is 6.26 Å². The Kier molecular flexibility index (Phi) is 2.82. The third-order valence-corrected chi connectivity index (χ3v) is 2.85. The van der Waals surface area contributed by atoms with Gasteiger partial charge in [-0.2, -0.15) is 0 Å². The number of hydrogen-bond acceptors (Lipinski definition) is 4. The monoisotopic (exact) mass is 242 g/mol. The van der Waals surface area contributed by atoms with Gasteiger partial charge < -0.3 is 10.3 Å².